The molecule has 0 radical (unpaired) electrons. The molecule has 3 atom stereocenters. The minimum Gasteiger partial charge on any atom is -0.391 e. The van der Waals surface area contributed by atoms with E-state index in [1.807, 2.05) is 0 Å². The summed E-state index contributed by atoms with van der Waals surface area (Å²) in [5.74, 6) is 0. The summed E-state index contributed by atoms with van der Waals surface area (Å²) >= 11 is 0. The van der Waals surface area contributed by atoms with Gasteiger partial charge >= 0.3 is 0 Å². The third kappa shape index (κ3) is 2.83. The summed E-state index contributed by atoms with van der Waals surface area (Å²) in [5, 5.41) is 10.5. The molecular weight excluding hydrogens is 214 g/mol. The van der Waals surface area contributed by atoms with Crippen molar-refractivity contribution in [2.24, 2.45) is 5.41 Å². The van der Waals surface area contributed by atoms with Crippen molar-refractivity contribution in [2.45, 2.75) is 64.7 Å². The molecule has 1 aliphatic carbocycles. The van der Waals surface area contributed by atoms with Gasteiger partial charge in [0.25, 0.3) is 0 Å². The molecule has 0 amide bonds. The normalized spacial score (nSPS) is 39.2. The van der Waals surface area contributed by atoms with Gasteiger partial charge in [0, 0.05) is 19.1 Å². The lowest BCUT2D eigenvalue weighted by atomic mass is 9.72. The van der Waals surface area contributed by atoms with Crippen LogP contribution < -0.4 is 0 Å². The first-order valence-corrected chi connectivity index (χ1v) is 7.08. The predicted octanol–water partition coefficient (Wildman–Crippen LogP) is 2.04. The molecule has 0 bridgehead atoms. The zero-order valence-electron chi connectivity index (χ0n) is 11.5. The van der Waals surface area contributed by atoms with Crippen molar-refractivity contribution in [2.75, 3.05) is 19.7 Å². The lowest BCUT2D eigenvalue weighted by molar-refractivity contribution is -0.103. The number of hydrogen-bond donors (Lipinski definition) is 1. The Labute approximate surface area is 105 Å². The first kappa shape index (κ1) is 13.3. The molecule has 2 rings (SSSR count). The van der Waals surface area contributed by atoms with Gasteiger partial charge < -0.3 is 9.84 Å². The van der Waals surface area contributed by atoms with E-state index in [0.717, 1.165) is 39.0 Å². The minimum absolute atomic E-state index is 0.0724. The summed E-state index contributed by atoms with van der Waals surface area (Å²) < 4.78 is 5.71. The molecule has 1 heterocycles. The van der Waals surface area contributed by atoms with Crippen LogP contribution in [-0.2, 0) is 4.74 Å². The molecule has 1 saturated carbocycles. The number of morpholine rings is 1. The Bertz CT molecular complexity index is 255. The van der Waals surface area contributed by atoms with Gasteiger partial charge in [0.15, 0.2) is 0 Å². The molecule has 0 spiro atoms. The SMILES string of the molecule is CCC1CN(C2CCCC(C)(C)C2O)CCO1. The van der Waals surface area contributed by atoms with Crippen LogP contribution in [0.1, 0.15) is 46.5 Å². The Hall–Kier alpha value is -0.120. The van der Waals surface area contributed by atoms with Gasteiger partial charge in [-0.1, -0.05) is 27.2 Å². The Morgan fingerprint density at radius 1 is 1.41 bits per heavy atom. The van der Waals surface area contributed by atoms with E-state index in [2.05, 4.69) is 25.7 Å². The second-order valence-corrected chi connectivity index (χ2v) is 6.29. The molecule has 3 unspecified atom stereocenters. The van der Waals surface area contributed by atoms with E-state index < -0.39 is 0 Å². The van der Waals surface area contributed by atoms with Crippen molar-refractivity contribution < 1.29 is 9.84 Å². The van der Waals surface area contributed by atoms with Crippen molar-refractivity contribution in [1.29, 1.82) is 0 Å². The number of nitrogens with zero attached hydrogens (tertiary/aromatic N) is 1. The summed E-state index contributed by atoms with van der Waals surface area (Å²) in [6.07, 6.45) is 4.77. The molecule has 100 valence electrons. The maximum absolute atomic E-state index is 10.5. The van der Waals surface area contributed by atoms with Crippen molar-refractivity contribution in [3.63, 3.8) is 0 Å². The van der Waals surface area contributed by atoms with Gasteiger partial charge in [0.1, 0.15) is 0 Å². The quantitative estimate of drug-likeness (QED) is 0.803. The van der Waals surface area contributed by atoms with E-state index in [4.69, 9.17) is 4.74 Å². The second-order valence-electron chi connectivity index (χ2n) is 6.29. The second kappa shape index (κ2) is 5.25. The van der Waals surface area contributed by atoms with Crippen molar-refractivity contribution in [3.05, 3.63) is 0 Å². The lowest BCUT2D eigenvalue weighted by Gasteiger charge is -2.47. The molecule has 0 aromatic rings. The fraction of sp³-hybridized carbons (Fsp3) is 1.00. The number of aliphatic hydroxyl groups is 1. The van der Waals surface area contributed by atoms with Crippen LogP contribution in [-0.4, -0.2) is 48.0 Å². The van der Waals surface area contributed by atoms with Crippen molar-refractivity contribution in [3.8, 4) is 0 Å². The van der Waals surface area contributed by atoms with Crippen LogP contribution in [0.15, 0.2) is 0 Å². The van der Waals surface area contributed by atoms with Gasteiger partial charge in [-0.15, -0.1) is 0 Å². The summed E-state index contributed by atoms with van der Waals surface area (Å²) in [7, 11) is 0. The van der Waals surface area contributed by atoms with Crippen molar-refractivity contribution >= 4 is 0 Å². The molecule has 3 nitrogen and oxygen atoms in total. The van der Waals surface area contributed by atoms with E-state index >= 15 is 0 Å². The van der Waals surface area contributed by atoms with E-state index in [1.54, 1.807) is 0 Å². The van der Waals surface area contributed by atoms with Gasteiger partial charge in [0.2, 0.25) is 0 Å². The minimum atomic E-state index is -0.188. The highest BCUT2D eigenvalue weighted by Crippen LogP contribution is 2.38. The number of rotatable bonds is 2. The van der Waals surface area contributed by atoms with Crippen LogP contribution in [0.25, 0.3) is 0 Å². The smallest absolute Gasteiger partial charge is 0.0746 e. The van der Waals surface area contributed by atoms with Crippen molar-refractivity contribution in [1.82, 2.24) is 4.90 Å². The van der Waals surface area contributed by atoms with Crippen LogP contribution in [0.3, 0.4) is 0 Å². The van der Waals surface area contributed by atoms with Gasteiger partial charge in [-0.25, -0.2) is 0 Å². The zero-order valence-corrected chi connectivity index (χ0v) is 11.5. The monoisotopic (exact) mass is 241 g/mol. The highest BCUT2D eigenvalue weighted by Gasteiger charge is 2.41. The highest BCUT2D eigenvalue weighted by molar-refractivity contribution is 4.94. The summed E-state index contributed by atoms with van der Waals surface area (Å²) in [6, 6.07) is 0.344. The van der Waals surface area contributed by atoms with Crippen LogP contribution in [0.2, 0.25) is 0 Å². The first-order valence-electron chi connectivity index (χ1n) is 7.08. The summed E-state index contributed by atoms with van der Waals surface area (Å²) in [4.78, 5) is 2.46. The topological polar surface area (TPSA) is 32.7 Å². The third-order valence-corrected chi connectivity index (χ3v) is 4.58. The van der Waals surface area contributed by atoms with E-state index in [9.17, 15) is 5.11 Å². The third-order valence-electron chi connectivity index (χ3n) is 4.58. The highest BCUT2D eigenvalue weighted by atomic mass is 16.5. The number of hydrogen-bond acceptors (Lipinski definition) is 3. The summed E-state index contributed by atoms with van der Waals surface area (Å²) in [6.45, 7) is 9.36. The first-order chi connectivity index (χ1) is 8.04. The molecule has 3 heteroatoms. The standard InChI is InChI=1S/C14H27NO2/c1-4-11-10-15(8-9-17-11)12-6-5-7-14(2,3)13(12)16/h11-13,16H,4-10H2,1-3H3. The van der Waals surface area contributed by atoms with E-state index in [-0.39, 0.29) is 11.5 Å². The van der Waals surface area contributed by atoms with Gasteiger partial charge in [-0.3, -0.25) is 4.90 Å². The maximum atomic E-state index is 10.5. The molecule has 1 N–H and O–H groups in total. The molecule has 2 aliphatic rings. The number of ether oxygens (including phenoxy) is 1. The van der Waals surface area contributed by atoms with E-state index in [0.29, 0.717) is 12.1 Å². The molecule has 0 aromatic heterocycles. The fourth-order valence-electron chi connectivity index (χ4n) is 3.27. The lowest BCUT2D eigenvalue weighted by Crippen LogP contribution is -2.56. The Morgan fingerprint density at radius 2 is 2.18 bits per heavy atom. The molecular formula is C14H27NO2. The van der Waals surface area contributed by atoms with Gasteiger partial charge in [-0.2, -0.15) is 0 Å². The van der Waals surface area contributed by atoms with Gasteiger partial charge in [-0.05, 0) is 24.7 Å². The van der Waals surface area contributed by atoms with Crippen LogP contribution >= 0.6 is 0 Å². The maximum Gasteiger partial charge on any atom is 0.0746 e. The predicted molar refractivity (Wildman–Crippen MR) is 69.0 cm³/mol. The Balaban J connectivity index is 2.00. The van der Waals surface area contributed by atoms with Gasteiger partial charge in [0.05, 0.1) is 18.8 Å². The Kier molecular flexibility index (Phi) is 4.11. The molecule has 1 saturated heterocycles. The van der Waals surface area contributed by atoms with Crippen LogP contribution in [0.4, 0.5) is 0 Å². The van der Waals surface area contributed by atoms with E-state index in [1.165, 1.54) is 6.42 Å². The largest absolute Gasteiger partial charge is 0.391 e. The molecule has 0 aromatic carbocycles. The molecule has 2 fully saturated rings. The summed E-state index contributed by atoms with van der Waals surface area (Å²) in [5.41, 5.74) is 0.0724. The molecule has 1 aliphatic heterocycles. The average molecular weight is 241 g/mol. The van der Waals surface area contributed by atoms with Crippen LogP contribution in [0.5, 0.6) is 0 Å². The van der Waals surface area contributed by atoms with Crippen LogP contribution in [0, 0.1) is 5.41 Å². The number of aliphatic hydroxyl groups excluding tert-OH is 1. The zero-order chi connectivity index (χ0) is 12.5. The molecule has 17 heavy (non-hydrogen) atoms. The Morgan fingerprint density at radius 3 is 2.88 bits per heavy atom. The average Bonchev–Trinajstić information content (AvgIpc) is 2.33. The fourth-order valence-corrected chi connectivity index (χ4v) is 3.27.